The largest absolute Gasteiger partial charge is 0.494 e. The predicted octanol–water partition coefficient (Wildman–Crippen LogP) is 2.36. The van der Waals surface area contributed by atoms with Crippen molar-refractivity contribution >= 4 is 29.3 Å². The molecule has 1 aromatic rings. The van der Waals surface area contributed by atoms with E-state index in [-0.39, 0.29) is 0 Å². The summed E-state index contributed by atoms with van der Waals surface area (Å²) in [7, 11) is 0. The van der Waals surface area contributed by atoms with E-state index in [1.165, 1.54) is 17.9 Å². The number of ether oxygens (including phenoxy) is 1. The van der Waals surface area contributed by atoms with E-state index < -0.39 is 11.8 Å². The summed E-state index contributed by atoms with van der Waals surface area (Å²) in [6.07, 6.45) is 3.47. The van der Waals surface area contributed by atoms with Gasteiger partial charge in [0, 0.05) is 24.0 Å². The number of carbonyl (C=O) groups is 2. The molecule has 6 nitrogen and oxygen atoms in total. The van der Waals surface area contributed by atoms with Crippen LogP contribution in [0, 0.1) is 5.92 Å². The molecule has 1 atom stereocenters. The van der Waals surface area contributed by atoms with Crippen molar-refractivity contribution in [3.8, 4) is 5.75 Å². The first-order valence-electron chi connectivity index (χ1n) is 9.79. The van der Waals surface area contributed by atoms with Crippen LogP contribution in [0.5, 0.6) is 5.75 Å². The smallest absolute Gasteiger partial charge is 0.313 e. The number of nitrogens with zero attached hydrogens (tertiary/aromatic N) is 1. The molecule has 3 rings (SSSR count). The molecular weight excluding hydrogens is 362 g/mol. The minimum atomic E-state index is -0.625. The second-order valence-corrected chi connectivity index (χ2v) is 8.27. The fourth-order valence-electron chi connectivity index (χ4n) is 3.64. The van der Waals surface area contributed by atoms with Gasteiger partial charge in [-0.3, -0.25) is 14.5 Å². The summed E-state index contributed by atoms with van der Waals surface area (Å²) in [5.74, 6) is 2.54. The molecule has 0 bridgehead atoms. The molecule has 0 saturated carbocycles. The molecule has 2 amide bonds. The Morgan fingerprint density at radius 1 is 1.15 bits per heavy atom. The number of piperidine rings is 1. The van der Waals surface area contributed by atoms with Gasteiger partial charge in [-0.2, -0.15) is 11.8 Å². The Balaban J connectivity index is 1.36. The highest BCUT2D eigenvalue weighted by Gasteiger charge is 2.27. The Morgan fingerprint density at radius 3 is 2.52 bits per heavy atom. The number of amides is 2. The highest BCUT2D eigenvalue weighted by Crippen LogP contribution is 2.26. The second-order valence-electron chi connectivity index (χ2n) is 7.12. The van der Waals surface area contributed by atoms with Crippen LogP contribution in [0.4, 0.5) is 5.69 Å². The minimum Gasteiger partial charge on any atom is -0.494 e. The number of anilines is 1. The quantitative estimate of drug-likeness (QED) is 0.729. The van der Waals surface area contributed by atoms with E-state index in [1.807, 2.05) is 18.7 Å². The van der Waals surface area contributed by atoms with Crippen molar-refractivity contribution < 1.29 is 14.3 Å². The van der Waals surface area contributed by atoms with Crippen molar-refractivity contribution in [3.63, 3.8) is 0 Å². The van der Waals surface area contributed by atoms with E-state index in [0.29, 0.717) is 24.8 Å². The Morgan fingerprint density at radius 2 is 1.89 bits per heavy atom. The number of thioether (sulfide) groups is 1. The van der Waals surface area contributed by atoms with Crippen molar-refractivity contribution in [2.24, 2.45) is 5.92 Å². The van der Waals surface area contributed by atoms with Gasteiger partial charge >= 0.3 is 11.8 Å². The maximum atomic E-state index is 12.1. The first-order valence-corrected chi connectivity index (χ1v) is 10.9. The maximum absolute atomic E-state index is 12.1. The fourth-order valence-corrected chi connectivity index (χ4v) is 4.89. The molecule has 1 aromatic carbocycles. The molecule has 1 unspecified atom stereocenters. The number of likely N-dealkylation sites (tertiary alicyclic amines) is 1. The van der Waals surface area contributed by atoms with Crippen molar-refractivity contribution in [1.82, 2.24) is 10.2 Å². The van der Waals surface area contributed by atoms with Crippen LogP contribution >= 0.6 is 11.8 Å². The molecule has 2 saturated heterocycles. The summed E-state index contributed by atoms with van der Waals surface area (Å²) in [4.78, 5) is 26.7. The van der Waals surface area contributed by atoms with Gasteiger partial charge in [0.15, 0.2) is 0 Å². The molecule has 148 valence electrons. The second kappa shape index (κ2) is 9.99. The van der Waals surface area contributed by atoms with Crippen LogP contribution in [0.25, 0.3) is 0 Å². The molecule has 0 spiro atoms. The molecule has 0 radical (unpaired) electrons. The zero-order chi connectivity index (χ0) is 19.1. The van der Waals surface area contributed by atoms with Gasteiger partial charge in [-0.1, -0.05) is 0 Å². The Bertz CT molecular complexity index is 624. The van der Waals surface area contributed by atoms with E-state index >= 15 is 0 Å². The Labute approximate surface area is 165 Å². The fraction of sp³-hybridized carbons (Fsp3) is 0.600. The lowest BCUT2D eigenvalue weighted by Crippen LogP contribution is -2.45. The van der Waals surface area contributed by atoms with E-state index in [4.69, 9.17) is 4.74 Å². The third kappa shape index (κ3) is 5.87. The van der Waals surface area contributed by atoms with Gasteiger partial charge in [0.2, 0.25) is 0 Å². The molecule has 2 fully saturated rings. The minimum absolute atomic E-state index is 0.456. The molecule has 0 aliphatic carbocycles. The van der Waals surface area contributed by atoms with Crippen LogP contribution in [-0.4, -0.2) is 60.5 Å². The van der Waals surface area contributed by atoms with Crippen molar-refractivity contribution in [2.75, 3.05) is 43.1 Å². The third-order valence-corrected chi connectivity index (χ3v) is 6.40. The number of benzene rings is 1. The molecule has 0 aromatic heterocycles. The lowest BCUT2D eigenvalue weighted by Gasteiger charge is -2.35. The number of hydrogen-bond acceptors (Lipinski definition) is 5. The third-order valence-electron chi connectivity index (χ3n) is 5.25. The molecular formula is C20H29N3O3S. The van der Waals surface area contributed by atoms with E-state index in [2.05, 4.69) is 15.5 Å². The van der Waals surface area contributed by atoms with Crippen molar-refractivity contribution in [2.45, 2.75) is 32.2 Å². The molecule has 2 N–H and O–H groups in total. The number of nitrogens with one attached hydrogen (secondary N) is 2. The summed E-state index contributed by atoms with van der Waals surface area (Å²) < 4.78 is 5.36. The van der Waals surface area contributed by atoms with Crippen LogP contribution in [0.3, 0.4) is 0 Å². The van der Waals surface area contributed by atoms with Crippen LogP contribution < -0.4 is 15.4 Å². The van der Waals surface area contributed by atoms with Crippen LogP contribution in [-0.2, 0) is 9.59 Å². The van der Waals surface area contributed by atoms with Gasteiger partial charge in [0.25, 0.3) is 0 Å². The average molecular weight is 392 g/mol. The van der Waals surface area contributed by atoms with Gasteiger partial charge in [0.1, 0.15) is 5.75 Å². The normalized spacial score (nSPS) is 21.0. The maximum Gasteiger partial charge on any atom is 0.313 e. The predicted molar refractivity (Wildman–Crippen MR) is 109 cm³/mol. The summed E-state index contributed by atoms with van der Waals surface area (Å²) >= 11 is 2.05. The standard InChI is InChI=1S/C20H29N3O3S/c1-2-26-18-5-3-16(4-6-18)22-20(25)19(24)21-13-15-7-10-23(11-8-15)17-9-12-27-14-17/h3-6,15,17H,2,7-14H2,1H3,(H,21,24)(H,22,25). The average Bonchev–Trinajstić information content (AvgIpc) is 3.23. The molecule has 2 heterocycles. The van der Waals surface area contributed by atoms with Gasteiger partial charge < -0.3 is 15.4 Å². The van der Waals surface area contributed by atoms with Crippen molar-refractivity contribution in [1.29, 1.82) is 0 Å². The monoisotopic (exact) mass is 391 g/mol. The molecule has 2 aliphatic rings. The number of hydrogen-bond donors (Lipinski definition) is 2. The highest BCUT2D eigenvalue weighted by molar-refractivity contribution is 7.99. The summed E-state index contributed by atoms with van der Waals surface area (Å²) in [5.41, 5.74) is 0.585. The van der Waals surface area contributed by atoms with Crippen LogP contribution in [0.2, 0.25) is 0 Å². The van der Waals surface area contributed by atoms with Gasteiger partial charge in [0.05, 0.1) is 6.61 Å². The molecule has 2 aliphatic heterocycles. The molecule has 27 heavy (non-hydrogen) atoms. The lowest BCUT2D eigenvalue weighted by atomic mass is 9.95. The van der Waals surface area contributed by atoms with Crippen LogP contribution in [0.1, 0.15) is 26.2 Å². The topological polar surface area (TPSA) is 70.7 Å². The number of carbonyl (C=O) groups excluding carboxylic acids is 2. The van der Waals surface area contributed by atoms with Crippen LogP contribution in [0.15, 0.2) is 24.3 Å². The zero-order valence-corrected chi connectivity index (χ0v) is 16.7. The van der Waals surface area contributed by atoms with E-state index in [0.717, 1.165) is 37.7 Å². The summed E-state index contributed by atoms with van der Waals surface area (Å²) in [5, 5.41) is 5.42. The molecule has 7 heteroatoms. The summed E-state index contributed by atoms with van der Waals surface area (Å²) in [6.45, 7) is 5.28. The van der Waals surface area contributed by atoms with Gasteiger partial charge in [-0.05, 0) is 75.2 Å². The van der Waals surface area contributed by atoms with E-state index in [1.54, 1.807) is 24.3 Å². The Hall–Kier alpha value is -1.73. The lowest BCUT2D eigenvalue weighted by molar-refractivity contribution is -0.136. The first-order chi connectivity index (χ1) is 13.2. The number of rotatable bonds is 6. The summed E-state index contributed by atoms with van der Waals surface area (Å²) in [6, 6.07) is 7.74. The van der Waals surface area contributed by atoms with Crippen molar-refractivity contribution in [3.05, 3.63) is 24.3 Å². The van der Waals surface area contributed by atoms with Gasteiger partial charge in [-0.25, -0.2) is 0 Å². The first kappa shape index (κ1) is 20.0. The van der Waals surface area contributed by atoms with Gasteiger partial charge in [-0.15, -0.1) is 0 Å². The highest BCUT2D eigenvalue weighted by atomic mass is 32.2. The SMILES string of the molecule is CCOc1ccc(NC(=O)C(=O)NCC2CCN(C3CCSC3)CC2)cc1. The Kier molecular flexibility index (Phi) is 7.41. The zero-order valence-electron chi connectivity index (χ0n) is 15.9. The van der Waals surface area contributed by atoms with E-state index in [9.17, 15) is 9.59 Å².